The van der Waals surface area contributed by atoms with Crippen molar-refractivity contribution in [1.29, 1.82) is 0 Å². The Morgan fingerprint density at radius 3 is 2.56 bits per heavy atom. The highest BCUT2D eigenvalue weighted by atomic mass is 35.5. The van der Waals surface area contributed by atoms with Crippen LogP contribution < -0.4 is 10.9 Å². The number of nitrogens with zero attached hydrogens (tertiary/aromatic N) is 1. The maximum Gasteiger partial charge on any atom is 0.266 e. The molecule has 1 saturated heterocycles. The zero-order valence-electron chi connectivity index (χ0n) is 9.58. The highest BCUT2D eigenvalue weighted by Crippen LogP contribution is 2.28. The van der Waals surface area contributed by atoms with Crippen molar-refractivity contribution >= 4 is 24.8 Å². The summed E-state index contributed by atoms with van der Waals surface area (Å²) in [5.41, 5.74) is 1.20. The molecule has 6 heteroatoms. The highest BCUT2D eigenvalue weighted by Gasteiger charge is 2.30. The average Bonchev–Trinajstić information content (AvgIpc) is 2.49. The van der Waals surface area contributed by atoms with Gasteiger partial charge in [-0.1, -0.05) is 6.92 Å². The number of nitrogens with one attached hydrogen (secondary N) is 2. The number of H-pyrrole nitrogens is 1. The molecule has 1 fully saturated rings. The van der Waals surface area contributed by atoms with E-state index < -0.39 is 0 Å². The van der Waals surface area contributed by atoms with Crippen molar-refractivity contribution in [3.05, 3.63) is 22.1 Å². The molecule has 94 valence electrons. The van der Waals surface area contributed by atoms with Gasteiger partial charge in [0, 0.05) is 30.8 Å². The molecule has 1 atom stereocenters. The van der Waals surface area contributed by atoms with Gasteiger partial charge in [-0.15, -0.1) is 24.8 Å². The number of rotatable bonds is 1. The fourth-order valence-electron chi connectivity index (χ4n) is 2.08. The molecular formula is C10H19Cl2N3O. The summed E-state index contributed by atoms with van der Waals surface area (Å²) in [7, 11) is 1.76. The van der Waals surface area contributed by atoms with Gasteiger partial charge in [-0.25, -0.2) is 0 Å². The van der Waals surface area contributed by atoms with E-state index in [9.17, 15) is 4.79 Å². The fraction of sp³-hybridized carbons (Fsp3) is 0.700. The Labute approximate surface area is 108 Å². The molecule has 1 aliphatic heterocycles. The second-order valence-corrected chi connectivity index (χ2v) is 4.41. The summed E-state index contributed by atoms with van der Waals surface area (Å²) in [6.45, 7) is 4.24. The van der Waals surface area contributed by atoms with Crippen molar-refractivity contribution in [2.24, 2.45) is 7.05 Å². The van der Waals surface area contributed by atoms with Crippen LogP contribution in [0.25, 0.3) is 0 Å². The molecule has 0 bridgehead atoms. The second kappa shape index (κ2) is 5.75. The van der Waals surface area contributed by atoms with Crippen molar-refractivity contribution < 1.29 is 0 Å². The minimum Gasteiger partial charge on any atom is -0.316 e. The van der Waals surface area contributed by atoms with Crippen molar-refractivity contribution in [2.75, 3.05) is 13.1 Å². The monoisotopic (exact) mass is 267 g/mol. The smallest absolute Gasteiger partial charge is 0.266 e. The van der Waals surface area contributed by atoms with Gasteiger partial charge >= 0.3 is 0 Å². The molecule has 0 aliphatic carbocycles. The van der Waals surface area contributed by atoms with E-state index in [2.05, 4.69) is 17.3 Å². The maximum atomic E-state index is 11.3. The number of piperidine rings is 1. The summed E-state index contributed by atoms with van der Waals surface area (Å²) >= 11 is 0. The van der Waals surface area contributed by atoms with Gasteiger partial charge in [0.25, 0.3) is 5.56 Å². The SMILES string of the molecule is Cl.Cl.Cn1[nH]c(C2(C)CCCNC2)cc1=O. The largest absolute Gasteiger partial charge is 0.316 e. The van der Waals surface area contributed by atoms with Crippen molar-refractivity contribution in [1.82, 2.24) is 15.1 Å². The Morgan fingerprint density at radius 1 is 1.44 bits per heavy atom. The van der Waals surface area contributed by atoms with Crippen molar-refractivity contribution in [2.45, 2.75) is 25.2 Å². The van der Waals surface area contributed by atoms with Gasteiger partial charge in [0.15, 0.2) is 0 Å². The van der Waals surface area contributed by atoms with Crippen LogP contribution in [0.15, 0.2) is 10.9 Å². The quantitative estimate of drug-likeness (QED) is 0.804. The van der Waals surface area contributed by atoms with E-state index >= 15 is 0 Å². The second-order valence-electron chi connectivity index (χ2n) is 4.41. The third-order valence-corrected chi connectivity index (χ3v) is 3.13. The fourth-order valence-corrected chi connectivity index (χ4v) is 2.08. The van der Waals surface area contributed by atoms with Crippen LogP contribution in [0, 0.1) is 0 Å². The number of aromatic nitrogens is 2. The van der Waals surface area contributed by atoms with Crippen molar-refractivity contribution in [3.8, 4) is 0 Å². The minimum atomic E-state index is 0. The molecule has 2 N–H and O–H groups in total. The molecule has 2 rings (SSSR count). The third-order valence-electron chi connectivity index (χ3n) is 3.13. The summed E-state index contributed by atoms with van der Waals surface area (Å²) in [6.07, 6.45) is 2.31. The Kier molecular flexibility index (Phi) is 5.59. The molecule has 0 aromatic carbocycles. The first-order valence-electron chi connectivity index (χ1n) is 5.09. The zero-order valence-corrected chi connectivity index (χ0v) is 11.2. The first-order valence-corrected chi connectivity index (χ1v) is 5.09. The summed E-state index contributed by atoms with van der Waals surface area (Å²) in [5, 5.41) is 6.49. The number of aryl methyl sites for hydroxylation is 1. The Hall–Kier alpha value is -0.450. The first kappa shape index (κ1) is 15.6. The van der Waals surface area contributed by atoms with Crippen LogP contribution in [0.2, 0.25) is 0 Å². The van der Waals surface area contributed by atoms with E-state index in [4.69, 9.17) is 0 Å². The number of hydrogen-bond donors (Lipinski definition) is 2. The molecule has 1 unspecified atom stereocenters. The molecule has 0 saturated carbocycles. The lowest BCUT2D eigenvalue weighted by Gasteiger charge is -2.32. The van der Waals surface area contributed by atoms with Gasteiger partial charge in [-0.3, -0.25) is 14.6 Å². The van der Waals surface area contributed by atoms with Crippen LogP contribution in [-0.4, -0.2) is 22.9 Å². The summed E-state index contributed by atoms with van der Waals surface area (Å²) in [4.78, 5) is 11.3. The normalized spacial score (nSPS) is 24.4. The van der Waals surface area contributed by atoms with E-state index in [1.807, 2.05) is 0 Å². The van der Waals surface area contributed by atoms with Gasteiger partial charge in [-0.05, 0) is 19.4 Å². The van der Waals surface area contributed by atoms with Gasteiger partial charge in [0.1, 0.15) is 0 Å². The maximum absolute atomic E-state index is 11.3. The van der Waals surface area contributed by atoms with E-state index in [1.165, 1.54) is 11.1 Å². The van der Waals surface area contributed by atoms with E-state index in [0.717, 1.165) is 25.2 Å². The molecule has 1 aromatic rings. The molecule has 2 heterocycles. The highest BCUT2D eigenvalue weighted by molar-refractivity contribution is 5.85. The molecule has 4 nitrogen and oxygen atoms in total. The summed E-state index contributed by atoms with van der Waals surface area (Å²) < 4.78 is 1.54. The molecule has 1 aliphatic rings. The van der Waals surface area contributed by atoms with E-state index in [0.29, 0.717) is 0 Å². The van der Waals surface area contributed by atoms with E-state index in [-0.39, 0.29) is 35.8 Å². The van der Waals surface area contributed by atoms with Crippen LogP contribution >= 0.6 is 24.8 Å². The first-order chi connectivity index (χ1) is 6.62. The van der Waals surface area contributed by atoms with Crippen LogP contribution in [-0.2, 0) is 12.5 Å². The van der Waals surface area contributed by atoms with Crippen LogP contribution in [0.1, 0.15) is 25.5 Å². The molecular weight excluding hydrogens is 249 g/mol. The average molecular weight is 268 g/mol. The lowest BCUT2D eigenvalue weighted by Crippen LogP contribution is -2.41. The lowest BCUT2D eigenvalue weighted by molar-refractivity contribution is 0.330. The van der Waals surface area contributed by atoms with Gasteiger partial charge in [0.05, 0.1) is 0 Å². The summed E-state index contributed by atoms with van der Waals surface area (Å²) in [6, 6.07) is 1.72. The third kappa shape index (κ3) is 2.81. The molecule has 0 radical (unpaired) electrons. The van der Waals surface area contributed by atoms with Gasteiger partial charge < -0.3 is 5.32 Å². The summed E-state index contributed by atoms with van der Waals surface area (Å²) in [5.74, 6) is 0. The van der Waals surface area contributed by atoms with E-state index in [1.54, 1.807) is 13.1 Å². The van der Waals surface area contributed by atoms with Crippen LogP contribution in [0.5, 0.6) is 0 Å². The lowest BCUT2D eigenvalue weighted by atomic mass is 9.80. The molecule has 0 amide bonds. The van der Waals surface area contributed by atoms with Crippen LogP contribution in [0.4, 0.5) is 0 Å². The number of aromatic amines is 1. The Balaban J connectivity index is 0.00000112. The minimum absolute atomic E-state index is 0. The van der Waals surface area contributed by atoms with Crippen LogP contribution in [0.3, 0.4) is 0 Å². The Bertz CT molecular complexity index is 380. The predicted octanol–water partition coefficient (Wildman–Crippen LogP) is 1.20. The van der Waals surface area contributed by atoms with Gasteiger partial charge in [-0.2, -0.15) is 0 Å². The van der Waals surface area contributed by atoms with Crippen molar-refractivity contribution in [3.63, 3.8) is 0 Å². The topological polar surface area (TPSA) is 49.8 Å². The molecule has 0 spiro atoms. The standard InChI is InChI=1S/C10H17N3O.2ClH/c1-10(4-3-5-11-7-10)8-6-9(14)13(2)12-8;;/h6,11-12H,3-5,7H2,1-2H3;2*1H. The number of halogens is 2. The molecule has 1 aromatic heterocycles. The molecule has 16 heavy (non-hydrogen) atoms. The number of hydrogen-bond acceptors (Lipinski definition) is 2. The zero-order chi connectivity index (χ0) is 10.2. The van der Waals surface area contributed by atoms with Gasteiger partial charge in [0.2, 0.25) is 0 Å². The predicted molar refractivity (Wildman–Crippen MR) is 70.0 cm³/mol. The Morgan fingerprint density at radius 2 is 2.12 bits per heavy atom.